The Morgan fingerprint density at radius 1 is 0.364 bits per heavy atom. The lowest BCUT2D eigenvalue weighted by Gasteiger charge is -2.36. The van der Waals surface area contributed by atoms with E-state index in [0.29, 0.717) is 17.5 Å². The highest BCUT2D eigenvalue weighted by Gasteiger charge is 2.43. The Hall–Kier alpha value is -6.65. The zero-order valence-corrected chi connectivity index (χ0v) is 30.4. The molecular weight excluding hydrogens is 671 g/mol. The summed E-state index contributed by atoms with van der Waals surface area (Å²) in [7, 11) is 0. The molecule has 9 aromatic rings. The Morgan fingerprint density at radius 3 is 1.75 bits per heavy atom. The second-order valence-electron chi connectivity index (χ2n) is 15.1. The van der Waals surface area contributed by atoms with Gasteiger partial charge in [-0.15, -0.1) is 0 Å². The molecule has 2 aliphatic rings. The van der Waals surface area contributed by atoms with E-state index in [0.717, 1.165) is 44.2 Å². The fourth-order valence-electron chi connectivity index (χ4n) is 9.24. The number of rotatable bonds is 5. The largest absolute Gasteiger partial charge is 0.456 e. The van der Waals surface area contributed by atoms with Crippen LogP contribution in [0.4, 0.5) is 0 Å². The van der Waals surface area contributed by atoms with Gasteiger partial charge in [0.1, 0.15) is 11.2 Å². The van der Waals surface area contributed by atoms with Crippen LogP contribution in [-0.4, -0.2) is 15.0 Å². The van der Waals surface area contributed by atoms with Crippen molar-refractivity contribution in [2.24, 2.45) is 0 Å². The van der Waals surface area contributed by atoms with Gasteiger partial charge in [-0.25, -0.2) is 15.0 Å². The number of benzene rings is 7. The molecule has 0 unspecified atom stereocenters. The zero-order valence-electron chi connectivity index (χ0n) is 30.4. The molecule has 7 aromatic carbocycles. The lowest BCUT2D eigenvalue weighted by molar-refractivity contribution is 0.353. The van der Waals surface area contributed by atoms with Crippen molar-refractivity contribution < 1.29 is 4.42 Å². The molecule has 0 radical (unpaired) electrons. The van der Waals surface area contributed by atoms with Crippen LogP contribution < -0.4 is 0 Å². The number of aromatic nitrogens is 3. The summed E-state index contributed by atoms with van der Waals surface area (Å²) >= 11 is 0. The number of para-hydroxylation sites is 1. The summed E-state index contributed by atoms with van der Waals surface area (Å²) in [5.74, 6) is 1.87. The van der Waals surface area contributed by atoms with Gasteiger partial charge in [-0.05, 0) is 87.7 Å². The maximum atomic E-state index is 6.22. The third kappa shape index (κ3) is 5.32. The van der Waals surface area contributed by atoms with Crippen molar-refractivity contribution in [1.82, 2.24) is 15.0 Å². The third-order valence-corrected chi connectivity index (χ3v) is 12.0. The number of hydrogen-bond donors (Lipinski definition) is 0. The first kappa shape index (κ1) is 31.8. The molecule has 2 heterocycles. The van der Waals surface area contributed by atoms with Crippen molar-refractivity contribution >= 4 is 21.9 Å². The van der Waals surface area contributed by atoms with Gasteiger partial charge in [0.25, 0.3) is 0 Å². The molecule has 0 N–H and O–H groups in total. The summed E-state index contributed by atoms with van der Waals surface area (Å²) in [4.78, 5) is 15.0. The van der Waals surface area contributed by atoms with E-state index in [9.17, 15) is 0 Å². The number of nitrogens with zero attached hydrogens (tertiary/aromatic N) is 3. The number of hydrogen-bond acceptors (Lipinski definition) is 4. The van der Waals surface area contributed by atoms with Gasteiger partial charge in [0.05, 0.1) is 0 Å². The highest BCUT2D eigenvalue weighted by Crippen LogP contribution is 2.56. The molecule has 1 saturated carbocycles. The van der Waals surface area contributed by atoms with Crippen molar-refractivity contribution in [2.75, 3.05) is 0 Å². The minimum absolute atomic E-state index is 0.176. The Kier molecular flexibility index (Phi) is 7.38. The standard InChI is InChI=1S/C51H37N3O/c1-3-12-34(13-4-1)48-52-49(54-50(53-48)39-24-26-42-41-17-6-8-19-46(41)55-47(42)32-39)35-22-20-33(21-23-35)36-14-11-15-37(30-36)38-25-27-45-43(31-38)40-16-5-7-18-44(40)51(45)28-9-2-10-29-51/h1,3-8,11-27,30-32H,2,9-10,28-29H2. The van der Waals surface area contributed by atoms with E-state index >= 15 is 0 Å². The van der Waals surface area contributed by atoms with Crippen molar-refractivity contribution in [1.29, 1.82) is 0 Å². The Morgan fingerprint density at radius 2 is 0.927 bits per heavy atom. The lowest BCUT2D eigenvalue weighted by Crippen LogP contribution is -2.27. The highest BCUT2D eigenvalue weighted by atomic mass is 16.3. The van der Waals surface area contributed by atoms with Gasteiger partial charge in [-0.1, -0.05) is 153 Å². The third-order valence-electron chi connectivity index (χ3n) is 12.0. The topological polar surface area (TPSA) is 51.8 Å². The number of furan rings is 1. The fourth-order valence-corrected chi connectivity index (χ4v) is 9.24. The molecule has 1 fully saturated rings. The van der Waals surface area contributed by atoms with Crippen molar-refractivity contribution in [2.45, 2.75) is 37.5 Å². The van der Waals surface area contributed by atoms with Crippen molar-refractivity contribution in [3.8, 4) is 67.5 Å². The smallest absolute Gasteiger partial charge is 0.164 e. The van der Waals surface area contributed by atoms with Crippen LogP contribution in [0.1, 0.15) is 43.2 Å². The molecule has 0 atom stereocenters. The molecule has 4 heteroatoms. The van der Waals surface area contributed by atoms with E-state index in [-0.39, 0.29) is 5.41 Å². The van der Waals surface area contributed by atoms with Crippen LogP contribution in [-0.2, 0) is 5.41 Å². The maximum Gasteiger partial charge on any atom is 0.164 e. The van der Waals surface area contributed by atoms with Crippen LogP contribution in [0.15, 0.2) is 168 Å². The SMILES string of the molecule is c1ccc(-c2nc(-c3ccc(-c4cccc(-c5ccc6c(c5)-c5ccccc5C65CCCCC5)c4)cc3)nc(-c3ccc4c(c3)oc3ccccc34)n2)cc1. The van der Waals surface area contributed by atoms with Gasteiger partial charge >= 0.3 is 0 Å². The summed E-state index contributed by atoms with van der Waals surface area (Å²) < 4.78 is 6.22. The Labute approximate surface area is 320 Å². The van der Waals surface area contributed by atoms with Crippen LogP contribution in [0.3, 0.4) is 0 Å². The molecule has 55 heavy (non-hydrogen) atoms. The van der Waals surface area contributed by atoms with E-state index in [1.807, 2.05) is 54.6 Å². The van der Waals surface area contributed by atoms with Crippen LogP contribution in [0.2, 0.25) is 0 Å². The second-order valence-corrected chi connectivity index (χ2v) is 15.1. The van der Waals surface area contributed by atoms with Crippen LogP contribution in [0, 0.1) is 0 Å². The van der Waals surface area contributed by atoms with E-state index in [1.165, 1.54) is 71.0 Å². The summed E-state index contributed by atoms with van der Waals surface area (Å²) in [6.07, 6.45) is 6.45. The fraction of sp³-hybridized carbons (Fsp3) is 0.118. The molecule has 0 amide bonds. The summed E-state index contributed by atoms with van der Waals surface area (Å²) in [6.45, 7) is 0. The van der Waals surface area contributed by atoms with Gasteiger partial charge in [0.15, 0.2) is 17.5 Å². The van der Waals surface area contributed by atoms with Gasteiger partial charge in [-0.3, -0.25) is 0 Å². The first-order chi connectivity index (χ1) is 27.2. The minimum Gasteiger partial charge on any atom is -0.456 e. The van der Waals surface area contributed by atoms with E-state index < -0.39 is 0 Å². The van der Waals surface area contributed by atoms with Crippen LogP contribution in [0.25, 0.3) is 89.5 Å². The molecule has 262 valence electrons. The van der Waals surface area contributed by atoms with Crippen molar-refractivity contribution in [3.05, 3.63) is 175 Å². The Bertz CT molecular complexity index is 2900. The van der Waals surface area contributed by atoms with Gasteiger partial charge < -0.3 is 4.42 Å². The van der Waals surface area contributed by atoms with Crippen LogP contribution >= 0.6 is 0 Å². The lowest BCUT2D eigenvalue weighted by atomic mass is 9.68. The predicted molar refractivity (Wildman–Crippen MR) is 224 cm³/mol. The first-order valence-corrected chi connectivity index (χ1v) is 19.4. The van der Waals surface area contributed by atoms with Crippen LogP contribution in [0.5, 0.6) is 0 Å². The zero-order chi connectivity index (χ0) is 36.3. The predicted octanol–water partition coefficient (Wildman–Crippen LogP) is 13.3. The summed E-state index contributed by atoms with van der Waals surface area (Å²) in [6, 6.07) is 58.3. The molecule has 0 aliphatic heterocycles. The maximum absolute atomic E-state index is 6.22. The average molecular weight is 708 g/mol. The first-order valence-electron chi connectivity index (χ1n) is 19.4. The van der Waals surface area contributed by atoms with E-state index in [4.69, 9.17) is 19.4 Å². The Balaban J connectivity index is 0.940. The second kappa shape index (κ2) is 12.7. The molecule has 4 nitrogen and oxygen atoms in total. The van der Waals surface area contributed by atoms with E-state index in [2.05, 4.69) is 109 Å². The minimum atomic E-state index is 0.176. The summed E-state index contributed by atoms with van der Waals surface area (Å²) in [5.41, 5.74) is 15.3. The van der Waals surface area contributed by atoms with Crippen molar-refractivity contribution in [3.63, 3.8) is 0 Å². The molecule has 0 bridgehead atoms. The van der Waals surface area contributed by atoms with Gasteiger partial charge in [0.2, 0.25) is 0 Å². The molecule has 2 aliphatic carbocycles. The monoisotopic (exact) mass is 707 g/mol. The highest BCUT2D eigenvalue weighted by molar-refractivity contribution is 6.05. The molecule has 0 saturated heterocycles. The number of fused-ring (bicyclic) bond motifs is 8. The van der Waals surface area contributed by atoms with E-state index in [1.54, 1.807) is 0 Å². The normalized spacial score (nSPS) is 14.3. The molecule has 2 aromatic heterocycles. The molecule has 11 rings (SSSR count). The molecule has 1 spiro atoms. The average Bonchev–Trinajstić information content (AvgIpc) is 3.76. The quantitative estimate of drug-likeness (QED) is 0.179. The van der Waals surface area contributed by atoms with Gasteiger partial charge in [-0.2, -0.15) is 0 Å². The van der Waals surface area contributed by atoms with Gasteiger partial charge in [0, 0.05) is 32.9 Å². The molecular formula is C51H37N3O. The summed E-state index contributed by atoms with van der Waals surface area (Å²) in [5, 5.41) is 2.17.